The summed E-state index contributed by atoms with van der Waals surface area (Å²) in [6.07, 6.45) is 3.77. The molecule has 2 heterocycles. The van der Waals surface area contributed by atoms with Gasteiger partial charge in [0.1, 0.15) is 11.4 Å². The average molecular weight is 459 g/mol. The quantitative estimate of drug-likeness (QED) is 0.279. The summed E-state index contributed by atoms with van der Waals surface area (Å²) in [6.45, 7) is 11.1. The van der Waals surface area contributed by atoms with Crippen LogP contribution in [0.15, 0.2) is 48.8 Å². The first-order valence-electron chi connectivity index (χ1n) is 12.2. The van der Waals surface area contributed by atoms with Crippen LogP contribution in [-0.4, -0.2) is 32.1 Å². The number of H-pyrrole nitrogens is 1. The standard InChI is InChI=1S/C28H34N4O2/c1-6-15-34-23-11-9-22(10-12-23)19(4)27-20(5)31-32(18(2)3)28(27)26(33)14-8-21-7-13-24-25(16-21)30-17-29-24/h7,9-13,16-19H,6,8,14-15H2,1-5H3,(H,29,30). The van der Waals surface area contributed by atoms with Crippen molar-refractivity contribution in [3.63, 3.8) is 0 Å². The number of rotatable bonds is 10. The molecule has 0 saturated heterocycles. The van der Waals surface area contributed by atoms with Gasteiger partial charge in [0, 0.05) is 23.9 Å². The minimum absolute atomic E-state index is 0.0482. The van der Waals surface area contributed by atoms with Crippen LogP contribution in [0.3, 0.4) is 0 Å². The predicted molar refractivity (Wildman–Crippen MR) is 136 cm³/mol. The fraction of sp³-hybridized carbons (Fsp3) is 0.393. The van der Waals surface area contributed by atoms with Crippen LogP contribution in [0.4, 0.5) is 0 Å². The average Bonchev–Trinajstić information content (AvgIpc) is 3.45. The molecule has 4 aromatic rings. The van der Waals surface area contributed by atoms with Crippen molar-refractivity contribution in [1.29, 1.82) is 0 Å². The smallest absolute Gasteiger partial charge is 0.181 e. The number of hydrogen-bond acceptors (Lipinski definition) is 4. The van der Waals surface area contributed by atoms with Crippen LogP contribution in [0.5, 0.6) is 5.75 Å². The van der Waals surface area contributed by atoms with Gasteiger partial charge in [-0.3, -0.25) is 9.48 Å². The zero-order chi connectivity index (χ0) is 24.2. The van der Waals surface area contributed by atoms with Crippen LogP contribution in [0.25, 0.3) is 11.0 Å². The maximum absolute atomic E-state index is 13.6. The minimum Gasteiger partial charge on any atom is -0.494 e. The second kappa shape index (κ2) is 10.2. The molecule has 0 aliphatic heterocycles. The first kappa shape index (κ1) is 23.7. The van der Waals surface area contributed by atoms with Crippen LogP contribution in [0.2, 0.25) is 0 Å². The van der Waals surface area contributed by atoms with Crippen LogP contribution >= 0.6 is 0 Å². The lowest BCUT2D eigenvalue weighted by Gasteiger charge is -2.17. The Bertz CT molecular complexity index is 1270. The summed E-state index contributed by atoms with van der Waals surface area (Å²) in [5, 5.41) is 4.78. The van der Waals surface area contributed by atoms with Crippen molar-refractivity contribution < 1.29 is 9.53 Å². The molecule has 0 spiro atoms. The number of nitrogens with one attached hydrogen (secondary N) is 1. The highest BCUT2D eigenvalue weighted by Gasteiger charge is 2.27. The van der Waals surface area contributed by atoms with E-state index in [1.807, 2.05) is 29.8 Å². The lowest BCUT2D eigenvalue weighted by molar-refractivity contribution is 0.0969. The molecule has 178 valence electrons. The number of carbonyl (C=O) groups is 1. The van der Waals surface area contributed by atoms with E-state index in [0.29, 0.717) is 19.4 Å². The zero-order valence-electron chi connectivity index (χ0n) is 20.8. The van der Waals surface area contributed by atoms with Crippen molar-refractivity contribution in [3.8, 4) is 5.75 Å². The molecule has 0 radical (unpaired) electrons. The monoisotopic (exact) mass is 458 g/mol. The molecule has 6 nitrogen and oxygen atoms in total. The Morgan fingerprint density at radius 2 is 1.88 bits per heavy atom. The second-order valence-corrected chi connectivity index (χ2v) is 9.20. The minimum atomic E-state index is 0.0482. The van der Waals surface area contributed by atoms with Crippen LogP contribution < -0.4 is 4.74 Å². The highest BCUT2D eigenvalue weighted by molar-refractivity contribution is 5.96. The summed E-state index contributed by atoms with van der Waals surface area (Å²) in [7, 11) is 0. The summed E-state index contributed by atoms with van der Waals surface area (Å²) >= 11 is 0. The van der Waals surface area contributed by atoms with Gasteiger partial charge in [0.25, 0.3) is 0 Å². The molecule has 0 aliphatic rings. The lowest BCUT2D eigenvalue weighted by atomic mass is 9.89. The molecule has 0 fully saturated rings. The number of Topliss-reactive ketones (excluding diaryl/α,β-unsaturated/α-hetero) is 1. The normalized spacial score (nSPS) is 12.4. The number of ether oxygens (including phenoxy) is 1. The first-order valence-corrected chi connectivity index (χ1v) is 12.2. The van der Waals surface area contributed by atoms with Crippen LogP contribution in [0, 0.1) is 6.92 Å². The fourth-order valence-corrected chi connectivity index (χ4v) is 4.48. The van der Waals surface area contributed by atoms with Gasteiger partial charge in [-0.1, -0.05) is 32.0 Å². The second-order valence-electron chi connectivity index (χ2n) is 9.20. The van der Waals surface area contributed by atoms with Crippen molar-refractivity contribution in [1.82, 2.24) is 19.7 Å². The van der Waals surface area contributed by atoms with E-state index < -0.39 is 0 Å². The Morgan fingerprint density at radius 3 is 2.59 bits per heavy atom. The Hall–Kier alpha value is -3.41. The Morgan fingerprint density at radius 1 is 1.12 bits per heavy atom. The molecule has 34 heavy (non-hydrogen) atoms. The van der Waals surface area contributed by atoms with Gasteiger partial charge < -0.3 is 9.72 Å². The van der Waals surface area contributed by atoms with Gasteiger partial charge in [0.15, 0.2) is 5.78 Å². The maximum Gasteiger partial charge on any atom is 0.181 e. The van der Waals surface area contributed by atoms with Gasteiger partial charge in [0.05, 0.1) is 29.7 Å². The molecule has 1 unspecified atom stereocenters. The molecule has 1 N–H and O–H groups in total. The summed E-state index contributed by atoms with van der Waals surface area (Å²) in [6, 6.07) is 14.4. The molecule has 0 aliphatic carbocycles. The van der Waals surface area contributed by atoms with Crippen LogP contribution in [-0.2, 0) is 6.42 Å². The van der Waals surface area contributed by atoms with Crippen molar-refractivity contribution in [2.45, 2.75) is 65.8 Å². The number of aromatic amines is 1. The van der Waals surface area contributed by atoms with Crippen molar-refractivity contribution in [3.05, 3.63) is 76.9 Å². The van der Waals surface area contributed by atoms with Crippen molar-refractivity contribution in [2.75, 3.05) is 6.61 Å². The number of ketones is 1. The van der Waals surface area contributed by atoms with Gasteiger partial charge in [-0.2, -0.15) is 5.10 Å². The number of aromatic nitrogens is 4. The first-order chi connectivity index (χ1) is 16.4. The van der Waals surface area contributed by atoms with Gasteiger partial charge >= 0.3 is 0 Å². The van der Waals surface area contributed by atoms with E-state index in [4.69, 9.17) is 9.84 Å². The number of carbonyl (C=O) groups excluding carboxylic acids is 1. The van der Waals surface area contributed by atoms with E-state index in [0.717, 1.165) is 51.3 Å². The van der Waals surface area contributed by atoms with E-state index in [2.05, 4.69) is 61.9 Å². The fourth-order valence-electron chi connectivity index (χ4n) is 4.48. The van der Waals surface area contributed by atoms with Crippen molar-refractivity contribution >= 4 is 16.8 Å². The molecule has 6 heteroatoms. The number of fused-ring (bicyclic) bond motifs is 1. The predicted octanol–water partition coefficient (Wildman–Crippen LogP) is 6.40. The topological polar surface area (TPSA) is 72.8 Å². The molecule has 2 aromatic heterocycles. The number of aryl methyl sites for hydroxylation is 2. The van der Waals surface area contributed by atoms with Gasteiger partial charge in [-0.25, -0.2) is 4.98 Å². The number of hydrogen-bond donors (Lipinski definition) is 1. The molecule has 1 atom stereocenters. The van der Waals surface area contributed by atoms with E-state index in [-0.39, 0.29) is 17.7 Å². The number of benzene rings is 2. The van der Waals surface area contributed by atoms with Gasteiger partial charge in [0.2, 0.25) is 0 Å². The van der Waals surface area contributed by atoms with Gasteiger partial charge in [-0.05, 0) is 69.0 Å². The summed E-state index contributed by atoms with van der Waals surface area (Å²) in [5.41, 5.74) is 6.84. The molecule has 2 aromatic carbocycles. The Kier molecular flexibility index (Phi) is 7.15. The van der Waals surface area contributed by atoms with E-state index in [1.165, 1.54) is 0 Å². The summed E-state index contributed by atoms with van der Waals surface area (Å²) in [5.74, 6) is 1.05. The summed E-state index contributed by atoms with van der Waals surface area (Å²) in [4.78, 5) is 21.0. The van der Waals surface area contributed by atoms with E-state index in [9.17, 15) is 4.79 Å². The molecular formula is C28H34N4O2. The van der Waals surface area contributed by atoms with Gasteiger partial charge in [-0.15, -0.1) is 0 Å². The van der Waals surface area contributed by atoms with Crippen molar-refractivity contribution in [2.24, 2.45) is 0 Å². The molecule has 0 bridgehead atoms. The largest absolute Gasteiger partial charge is 0.494 e. The van der Waals surface area contributed by atoms with E-state index >= 15 is 0 Å². The molecule has 0 saturated carbocycles. The zero-order valence-corrected chi connectivity index (χ0v) is 20.8. The summed E-state index contributed by atoms with van der Waals surface area (Å²) < 4.78 is 7.64. The highest BCUT2D eigenvalue weighted by atomic mass is 16.5. The third-order valence-corrected chi connectivity index (χ3v) is 6.30. The van der Waals surface area contributed by atoms with Crippen LogP contribution in [0.1, 0.15) is 85.4 Å². The maximum atomic E-state index is 13.6. The Balaban J connectivity index is 1.60. The third-order valence-electron chi connectivity index (χ3n) is 6.30. The molecular weight excluding hydrogens is 424 g/mol. The third kappa shape index (κ3) is 4.91. The number of nitrogens with zero attached hydrogens (tertiary/aromatic N) is 3. The molecule has 4 rings (SSSR count). The molecule has 0 amide bonds. The highest BCUT2D eigenvalue weighted by Crippen LogP contribution is 2.33. The SMILES string of the molecule is CCCOc1ccc(C(C)c2c(C)nn(C(C)C)c2C(=O)CCc2ccc3[nH]cnc3c2)cc1. The lowest BCUT2D eigenvalue weighted by Crippen LogP contribution is -2.16. The van der Waals surface area contributed by atoms with E-state index in [1.54, 1.807) is 6.33 Å². The number of imidazole rings is 1. The Labute approximate surface area is 201 Å².